The molecule has 0 aliphatic carbocycles. The quantitative estimate of drug-likeness (QED) is 0.862. The van der Waals surface area contributed by atoms with Gasteiger partial charge in [0.15, 0.2) is 0 Å². The van der Waals surface area contributed by atoms with Gasteiger partial charge in [-0.05, 0) is 43.2 Å². The lowest BCUT2D eigenvalue weighted by atomic mass is 9.77. The Kier molecular flexibility index (Phi) is 7.29. The molecule has 4 nitrogen and oxygen atoms in total. The number of hydrogen-bond donors (Lipinski definition) is 2. The van der Waals surface area contributed by atoms with Crippen molar-refractivity contribution in [3.8, 4) is 0 Å². The fourth-order valence-electron chi connectivity index (χ4n) is 4.02. The second kappa shape index (κ2) is 9.02. The van der Waals surface area contributed by atoms with Crippen LogP contribution in [0.2, 0.25) is 0 Å². The van der Waals surface area contributed by atoms with E-state index in [0.29, 0.717) is 6.04 Å². The number of benzene rings is 1. The van der Waals surface area contributed by atoms with Crippen molar-refractivity contribution in [2.24, 2.45) is 5.41 Å². The molecule has 1 aromatic rings. The molecule has 1 atom stereocenters. The van der Waals surface area contributed by atoms with E-state index in [9.17, 15) is 4.79 Å². The molecule has 0 spiro atoms. The molecule has 0 saturated carbocycles. The summed E-state index contributed by atoms with van der Waals surface area (Å²) in [5.41, 5.74) is 1.42. The van der Waals surface area contributed by atoms with Gasteiger partial charge in [-0.15, -0.1) is 12.4 Å². The van der Waals surface area contributed by atoms with Gasteiger partial charge in [0.05, 0.1) is 6.04 Å². The van der Waals surface area contributed by atoms with Crippen LogP contribution in [0, 0.1) is 5.41 Å². The van der Waals surface area contributed by atoms with E-state index in [-0.39, 0.29) is 29.8 Å². The molecule has 0 bridgehead atoms. The smallest absolute Gasteiger partial charge is 0.237 e. The van der Waals surface area contributed by atoms with Crippen LogP contribution in [-0.2, 0) is 11.3 Å². The van der Waals surface area contributed by atoms with Crippen molar-refractivity contribution in [2.75, 3.05) is 19.6 Å². The molecule has 140 valence electrons. The van der Waals surface area contributed by atoms with Crippen LogP contribution in [0.15, 0.2) is 30.3 Å². The summed E-state index contributed by atoms with van der Waals surface area (Å²) in [4.78, 5) is 15.2. The number of amides is 1. The molecule has 0 aromatic heterocycles. The number of piperidine rings is 2. The number of rotatable bonds is 4. The van der Waals surface area contributed by atoms with Gasteiger partial charge in [0, 0.05) is 25.7 Å². The molecule has 2 aliphatic rings. The predicted octanol–water partition coefficient (Wildman–Crippen LogP) is 2.97. The molecule has 1 amide bonds. The molecule has 3 rings (SSSR count). The normalized spacial score (nSPS) is 24.3. The molecule has 1 unspecified atom stereocenters. The maximum atomic E-state index is 12.7. The van der Waals surface area contributed by atoms with Gasteiger partial charge in [-0.25, -0.2) is 0 Å². The summed E-state index contributed by atoms with van der Waals surface area (Å²) < 4.78 is 0. The van der Waals surface area contributed by atoms with E-state index in [1.807, 2.05) is 0 Å². The molecule has 1 aromatic carbocycles. The lowest BCUT2D eigenvalue weighted by molar-refractivity contribution is -0.127. The van der Waals surface area contributed by atoms with Crippen molar-refractivity contribution in [1.29, 1.82) is 0 Å². The molecule has 5 heteroatoms. The summed E-state index contributed by atoms with van der Waals surface area (Å²) in [5.74, 6) is 0.196. The molecule has 25 heavy (non-hydrogen) atoms. The molecular formula is C20H32ClN3O. The third-order valence-electron chi connectivity index (χ3n) is 5.57. The van der Waals surface area contributed by atoms with Crippen molar-refractivity contribution in [2.45, 2.75) is 58.2 Å². The lowest BCUT2D eigenvalue weighted by Gasteiger charge is -2.40. The standard InChI is InChI=1S/C20H31N3O.ClH/c1-20(2)11-6-12-21-18(20)19(24)22-17-9-13-23(14-10-17)15-16-7-4-3-5-8-16;/h3-5,7-8,17-18,21H,6,9-15H2,1-2H3,(H,22,24);1H. The number of halogens is 1. The summed E-state index contributed by atoms with van der Waals surface area (Å²) >= 11 is 0. The zero-order valence-corrected chi connectivity index (χ0v) is 16.3. The van der Waals surface area contributed by atoms with E-state index in [1.54, 1.807) is 0 Å². The predicted molar refractivity (Wildman–Crippen MR) is 105 cm³/mol. The van der Waals surface area contributed by atoms with Crippen LogP contribution in [-0.4, -0.2) is 42.5 Å². The molecule has 2 heterocycles. The molecule has 2 fully saturated rings. The average Bonchev–Trinajstić information content (AvgIpc) is 2.57. The van der Waals surface area contributed by atoms with Crippen molar-refractivity contribution in [3.05, 3.63) is 35.9 Å². The summed E-state index contributed by atoms with van der Waals surface area (Å²) in [6.45, 7) is 8.48. The molecule has 2 saturated heterocycles. The molecular weight excluding hydrogens is 334 g/mol. The number of likely N-dealkylation sites (tertiary alicyclic amines) is 1. The van der Waals surface area contributed by atoms with E-state index in [2.05, 4.69) is 59.7 Å². The Hall–Kier alpha value is -1.10. The first kappa shape index (κ1) is 20.2. The van der Waals surface area contributed by atoms with Crippen molar-refractivity contribution in [1.82, 2.24) is 15.5 Å². The Labute approximate surface area is 158 Å². The van der Waals surface area contributed by atoms with Gasteiger partial charge in [0.25, 0.3) is 0 Å². The van der Waals surface area contributed by atoms with Gasteiger partial charge in [0.1, 0.15) is 0 Å². The number of carbonyl (C=O) groups is 1. The summed E-state index contributed by atoms with van der Waals surface area (Å²) in [6, 6.07) is 10.9. The van der Waals surface area contributed by atoms with Crippen LogP contribution < -0.4 is 10.6 Å². The second-order valence-electron chi connectivity index (χ2n) is 8.02. The van der Waals surface area contributed by atoms with Crippen LogP contribution in [0.5, 0.6) is 0 Å². The monoisotopic (exact) mass is 365 g/mol. The van der Waals surface area contributed by atoms with Gasteiger partial charge in [-0.2, -0.15) is 0 Å². The Morgan fingerprint density at radius 1 is 1.24 bits per heavy atom. The van der Waals surface area contributed by atoms with Gasteiger partial charge < -0.3 is 10.6 Å². The number of carbonyl (C=O) groups excluding carboxylic acids is 1. The van der Waals surface area contributed by atoms with Gasteiger partial charge in [-0.1, -0.05) is 44.2 Å². The Morgan fingerprint density at radius 2 is 1.92 bits per heavy atom. The van der Waals surface area contributed by atoms with E-state index >= 15 is 0 Å². The summed E-state index contributed by atoms with van der Waals surface area (Å²) in [7, 11) is 0. The highest BCUT2D eigenvalue weighted by Crippen LogP contribution is 2.30. The highest BCUT2D eigenvalue weighted by atomic mass is 35.5. The van der Waals surface area contributed by atoms with E-state index in [1.165, 1.54) is 5.56 Å². The minimum absolute atomic E-state index is 0. The SMILES string of the molecule is CC1(C)CCCNC1C(=O)NC1CCN(Cc2ccccc2)CC1.Cl. The zero-order chi connectivity index (χ0) is 17.0. The Bertz CT molecular complexity index is 541. The molecule has 0 radical (unpaired) electrons. The van der Waals surface area contributed by atoms with Crippen LogP contribution in [0.3, 0.4) is 0 Å². The highest BCUT2D eigenvalue weighted by molar-refractivity contribution is 5.85. The first-order chi connectivity index (χ1) is 11.5. The van der Waals surface area contributed by atoms with Gasteiger partial charge in [0.2, 0.25) is 5.91 Å². The minimum atomic E-state index is -0.0476. The topological polar surface area (TPSA) is 44.4 Å². The first-order valence-electron chi connectivity index (χ1n) is 9.35. The zero-order valence-electron chi connectivity index (χ0n) is 15.5. The summed E-state index contributed by atoms with van der Waals surface area (Å²) in [6.07, 6.45) is 4.37. The number of hydrogen-bond acceptors (Lipinski definition) is 3. The third-order valence-corrected chi connectivity index (χ3v) is 5.57. The maximum absolute atomic E-state index is 12.7. The average molecular weight is 366 g/mol. The lowest BCUT2D eigenvalue weighted by Crippen LogP contribution is -2.58. The van der Waals surface area contributed by atoms with Crippen LogP contribution in [0.25, 0.3) is 0 Å². The first-order valence-corrected chi connectivity index (χ1v) is 9.35. The van der Waals surface area contributed by atoms with Crippen molar-refractivity contribution < 1.29 is 4.79 Å². The maximum Gasteiger partial charge on any atom is 0.237 e. The third kappa shape index (κ3) is 5.44. The fraction of sp³-hybridized carbons (Fsp3) is 0.650. The second-order valence-corrected chi connectivity index (χ2v) is 8.02. The number of nitrogens with one attached hydrogen (secondary N) is 2. The van der Waals surface area contributed by atoms with E-state index in [4.69, 9.17) is 0 Å². The molecule has 2 N–H and O–H groups in total. The van der Waals surface area contributed by atoms with Crippen LogP contribution in [0.4, 0.5) is 0 Å². The van der Waals surface area contributed by atoms with E-state index < -0.39 is 0 Å². The molecule has 2 aliphatic heterocycles. The van der Waals surface area contributed by atoms with Crippen molar-refractivity contribution in [3.63, 3.8) is 0 Å². The highest BCUT2D eigenvalue weighted by Gasteiger charge is 2.37. The summed E-state index contributed by atoms with van der Waals surface area (Å²) in [5, 5.41) is 6.72. The van der Waals surface area contributed by atoms with Crippen LogP contribution in [0.1, 0.15) is 45.1 Å². The van der Waals surface area contributed by atoms with Crippen LogP contribution >= 0.6 is 12.4 Å². The number of nitrogens with zero attached hydrogens (tertiary/aromatic N) is 1. The van der Waals surface area contributed by atoms with E-state index in [0.717, 1.165) is 51.9 Å². The fourth-order valence-corrected chi connectivity index (χ4v) is 4.02. The van der Waals surface area contributed by atoms with Gasteiger partial charge >= 0.3 is 0 Å². The van der Waals surface area contributed by atoms with Crippen molar-refractivity contribution >= 4 is 18.3 Å². The largest absolute Gasteiger partial charge is 0.352 e. The Morgan fingerprint density at radius 3 is 2.56 bits per heavy atom. The minimum Gasteiger partial charge on any atom is -0.352 e. The van der Waals surface area contributed by atoms with Gasteiger partial charge in [-0.3, -0.25) is 9.69 Å². The Balaban J connectivity index is 0.00000225.